The van der Waals surface area contributed by atoms with Gasteiger partial charge in [0, 0.05) is 6.04 Å². The van der Waals surface area contributed by atoms with E-state index in [9.17, 15) is 13.2 Å². The summed E-state index contributed by atoms with van der Waals surface area (Å²) >= 11 is 0. The van der Waals surface area contributed by atoms with Crippen molar-refractivity contribution in [3.05, 3.63) is 28.8 Å². The van der Waals surface area contributed by atoms with Crippen molar-refractivity contribution in [2.45, 2.75) is 32.5 Å². The highest BCUT2D eigenvalue weighted by molar-refractivity contribution is 5.44. The molecule has 0 saturated carbocycles. The van der Waals surface area contributed by atoms with Crippen molar-refractivity contribution < 1.29 is 17.9 Å². The molecule has 0 unspecified atom stereocenters. The Bertz CT molecular complexity index is 378. The molecule has 0 saturated heterocycles. The molecule has 0 amide bonds. The van der Waals surface area contributed by atoms with E-state index in [1.165, 1.54) is 7.11 Å². The molecule has 1 rings (SSSR count). The summed E-state index contributed by atoms with van der Waals surface area (Å²) in [6, 6.07) is 2.25. The van der Waals surface area contributed by atoms with E-state index in [-0.39, 0.29) is 0 Å². The van der Waals surface area contributed by atoms with Gasteiger partial charge in [-0.15, -0.1) is 0 Å². The summed E-state index contributed by atoms with van der Waals surface area (Å²) in [6.07, 6.45) is -5.26. The normalized spacial score (nSPS) is 13.6. The molecule has 2 N–H and O–H groups in total. The van der Waals surface area contributed by atoms with Crippen molar-refractivity contribution in [3.8, 4) is 5.75 Å². The van der Waals surface area contributed by atoms with Gasteiger partial charge in [-0.25, -0.2) is 0 Å². The van der Waals surface area contributed by atoms with Crippen LogP contribution in [0, 0.1) is 13.8 Å². The lowest BCUT2D eigenvalue weighted by Crippen LogP contribution is -2.20. The van der Waals surface area contributed by atoms with Gasteiger partial charge < -0.3 is 10.5 Å². The Hall–Kier alpha value is -1.23. The average Bonchev–Trinajstić information content (AvgIpc) is 2.14. The molecule has 0 heterocycles. The number of rotatable bonds is 3. The van der Waals surface area contributed by atoms with Gasteiger partial charge in [0.25, 0.3) is 0 Å². The Morgan fingerprint density at radius 1 is 1.24 bits per heavy atom. The molecule has 0 aliphatic heterocycles. The Morgan fingerprint density at radius 2 is 1.71 bits per heavy atom. The first-order valence-corrected chi connectivity index (χ1v) is 5.22. The Morgan fingerprint density at radius 3 is 2.06 bits per heavy atom. The minimum absolute atomic E-state index is 0.484. The standard InChI is InChI=1S/C12H16F3NO/c1-7-4-9(5-8(2)11(7)17-3)10(16)6-12(13,14)15/h4-5,10H,6,16H2,1-3H3/t10-/m1/s1. The van der Waals surface area contributed by atoms with E-state index in [4.69, 9.17) is 10.5 Å². The molecule has 0 aliphatic rings. The molecule has 2 nitrogen and oxygen atoms in total. The number of methoxy groups -OCH3 is 1. The molecular weight excluding hydrogens is 231 g/mol. The quantitative estimate of drug-likeness (QED) is 0.889. The second-order valence-electron chi connectivity index (χ2n) is 4.11. The molecule has 0 radical (unpaired) electrons. The van der Waals surface area contributed by atoms with Crippen LogP contribution in [0.15, 0.2) is 12.1 Å². The second kappa shape index (κ2) is 4.96. The molecule has 1 aromatic rings. The molecule has 0 aromatic heterocycles. The fraction of sp³-hybridized carbons (Fsp3) is 0.500. The predicted octanol–water partition coefficient (Wildman–Crippen LogP) is 3.26. The monoisotopic (exact) mass is 247 g/mol. The van der Waals surface area contributed by atoms with Crippen molar-refractivity contribution >= 4 is 0 Å². The van der Waals surface area contributed by atoms with Crippen LogP contribution in [0.25, 0.3) is 0 Å². The Kier molecular flexibility index (Phi) is 4.03. The van der Waals surface area contributed by atoms with Crippen molar-refractivity contribution in [3.63, 3.8) is 0 Å². The van der Waals surface area contributed by atoms with Crippen LogP contribution in [-0.4, -0.2) is 13.3 Å². The molecule has 0 bridgehead atoms. The average molecular weight is 247 g/mol. The maximum absolute atomic E-state index is 12.2. The van der Waals surface area contributed by atoms with E-state index in [2.05, 4.69) is 0 Å². The first kappa shape index (κ1) is 13.8. The highest BCUT2D eigenvalue weighted by atomic mass is 19.4. The first-order valence-electron chi connectivity index (χ1n) is 5.22. The molecule has 96 valence electrons. The van der Waals surface area contributed by atoms with Crippen LogP contribution in [-0.2, 0) is 0 Å². The largest absolute Gasteiger partial charge is 0.496 e. The third-order valence-electron chi connectivity index (χ3n) is 2.57. The van der Waals surface area contributed by atoms with Gasteiger partial charge in [-0.3, -0.25) is 0 Å². The summed E-state index contributed by atoms with van der Waals surface area (Å²) < 4.78 is 41.8. The van der Waals surface area contributed by atoms with Crippen LogP contribution >= 0.6 is 0 Å². The SMILES string of the molecule is COc1c(C)cc([C@H](N)CC(F)(F)F)cc1C. The Balaban J connectivity index is 3.00. The van der Waals surface area contributed by atoms with Crippen molar-refractivity contribution in [1.29, 1.82) is 0 Å². The number of alkyl halides is 3. The minimum atomic E-state index is -4.25. The third-order valence-corrected chi connectivity index (χ3v) is 2.57. The maximum atomic E-state index is 12.2. The Labute approximate surface area is 98.6 Å². The molecule has 0 spiro atoms. The summed E-state index contributed by atoms with van der Waals surface area (Å²) in [5.74, 6) is 0.688. The van der Waals surface area contributed by atoms with Crippen LogP contribution in [0.5, 0.6) is 5.75 Å². The van der Waals surface area contributed by atoms with Crippen LogP contribution in [0.2, 0.25) is 0 Å². The summed E-state index contributed by atoms with van der Waals surface area (Å²) in [5, 5.41) is 0. The number of hydrogen-bond donors (Lipinski definition) is 1. The fourth-order valence-electron chi connectivity index (χ4n) is 1.89. The van der Waals surface area contributed by atoms with E-state index in [1.807, 2.05) is 0 Å². The molecular formula is C12H16F3NO. The molecule has 5 heteroatoms. The molecule has 0 fully saturated rings. The highest BCUT2D eigenvalue weighted by Crippen LogP contribution is 2.31. The lowest BCUT2D eigenvalue weighted by Gasteiger charge is -2.17. The van der Waals surface area contributed by atoms with Crippen molar-refractivity contribution in [2.24, 2.45) is 5.73 Å². The lowest BCUT2D eigenvalue weighted by molar-refractivity contribution is -0.138. The number of benzene rings is 1. The van der Waals surface area contributed by atoms with Crippen molar-refractivity contribution in [2.75, 3.05) is 7.11 Å². The number of hydrogen-bond acceptors (Lipinski definition) is 2. The van der Waals surface area contributed by atoms with E-state index >= 15 is 0 Å². The van der Waals surface area contributed by atoms with Crippen LogP contribution < -0.4 is 10.5 Å². The van der Waals surface area contributed by atoms with Gasteiger partial charge in [-0.05, 0) is 30.5 Å². The topological polar surface area (TPSA) is 35.2 Å². The maximum Gasteiger partial charge on any atom is 0.390 e. The van der Waals surface area contributed by atoms with Gasteiger partial charge in [-0.2, -0.15) is 13.2 Å². The van der Waals surface area contributed by atoms with Crippen LogP contribution in [0.1, 0.15) is 29.2 Å². The van der Waals surface area contributed by atoms with Gasteiger partial charge in [0.05, 0.1) is 13.5 Å². The summed E-state index contributed by atoms with van der Waals surface area (Å²) in [4.78, 5) is 0. The van der Waals surface area contributed by atoms with Gasteiger partial charge in [0.15, 0.2) is 0 Å². The van der Waals surface area contributed by atoms with E-state index < -0.39 is 18.6 Å². The van der Waals surface area contributed by atoms with Gasteiger partial charge in [0.2, 0.25) is 0 Å². The number of aryl methyl sites for hydroxylation is 2. The van der Waals surface area contributed by atoms with E-state index in [0.29, 0.717) is 11.3 Å². The van der Waals surface area contributed by atoms with E-state index in [0.717, 1.165) is 11.1 Å². The number of nitrogens with two attached hydrogens (primary N) is 1. The smallest absolute Gasteiger partial charge is 0.390 e. The highest BCUT2D eigenvalue weighted by Gasteiger charge is 2.31. The molecule has 1 atom stereocenters. The zero-order valence-corrected chi connectivity index (χ0v) is 10.1. The third kappa shape index (κ3) is 3.63. The number of halogens is 3. The van der Waals surface area contributed by atoms with E-state index in [1.54, 1.807) is 26.0 Å². The summed E-state index contributed by atoms with van der Waals surface area (Å²) in [6.45, 7) is 3.57. The molecule has 0 aliphatic carbocycles. The molecule has 1 aromatic carbocycles. The predicted molar refractivity (Wildman–Crippen MR) is 60.1 cm³/mol. The zero-order chi connectivity index (χ0) is 13.2. The minimum Gasteiger partial charge on any atom is -0.496 e. The summed E-state index contributed by atoms with van der Waals surface area (Å²) in [5.41, 5.74) is 7.62. The van der Waals surface area contributed by atoms with Gasteiger partial charge in [-0.1, -0.05) is 12.1 Å². The summed E-state index contributed by atoms with van der Waals surface area (Å²) in [7, 11) is 1.53. The van der Waals surface area contributed by atoms with Gasteiger partial charge >= 0.3 is 6.18 Å². The van der Waals surface area contributed by atoms with Crippen molar-refractivity contribution in [1.82, 2.24) is 0 Å². The zero-order valence-electron chi connectivity index (χ0n) is 10.1. The first-order chi connectivity index (χ1) is 7.74. The van der Waals surface area contributed by atoms with Crippen LogP contribution in [0.3, 0.4) is 0 Å². The lowest BCUT2D eigenvalue weighted by atomic mass is 9.98. The number of ether oxygens (including phenoxy) is 1. The fourth-order valence-corrected chi connectivity index (χ4v) is 1.89. The van der Waals surface area contributed by atoms with Gasteiger partial charge in [0.1, 0.15) is 5.75 Å². The molecule has 17 heavy (non-hydrogen) atoms. The second-order valence-corrected chi connectivity index (χ2v) is 4.11. The van der Waals surface area contributed by atoms with Crippen LogP contribution in [0.4, 0.5) is 13.2 Å².